The zero-order valence-electron chi connectivity index (χ0n) is 15.4. The molecule has 1 aliphatic rings. The molecule has 0 bridgehead atoms. The number of fused-ring (bicyclic) bond motifs is 1. The predicted octanol–water partition coefficient (Wildman–Crippen LogP) is 1.91. The predicted molar refractivity (Wildman–Crippen MR) is 96.4 cm³/mol. The molecule has 3 aromatic rings. The minimum atomic E-state index is 0.544. The van der Waals surface area contributed by atoms with Gasteiger partial charge in [0.15, 0.2) is 5.82 Å². The van der Waals surface area contributed by atoms with Crippen molar-refractivity contribution in [2.24, 2.45) is 0 Å². The summed E-state index contributed by atoms with van der Waals surface area (Å²) in [6, 6.07) is 2.49. The Labute approximate surface area is 152 Å². The molecule has 1 fully saturated rings. The Morgan fingerprint density at radius 3 is 3.04 bits per heavy atom. The summed E-state index contributed by atoms with van der Waals surface area (Å²) < 4.78 is 7.16. The van der Waals surface area contributed by atoms with Crippen LogP contribution in [0.4, 0.5) is 0 Å². The van der Waals surface area contributed by atoms with E-state index in [1.807, 2.05) is 25.4 Å². The molecule has 3 aromatic heterocycles. The summed E-state index contributed by atoms with van der Waals surface area (Å²) in [6.07, 6.45) is 9.28. The second-order valence-corrected chi connectivity index (χ2v) is 7.04. The second kappa shape index (κ2) is 7.51. The van der Waals surface area contributed by atoms with E-state index in [1.165, 1.54) is 18.5 Å². The van der Waals surface area contributed by atoms with Crippen molar-refractivity contribution in [3.8, 4) is 0 Å². The van der Waals surface area contributed by atoms with Gasteiger partial charge in [-0.05, 0) is 38.9 Å². The van der Waals surface area contributed by atoms with Crippen molar-refractivity contribution in [1.29, 1.82) is 0 Å². The van der Waals surface area contributed by atoms with Gasteiger partial charge in [-0.25, -0.2) is 9.97 Å². The summed E-state index contributed by atoms with van der Waals surface area (Å²) in [5, 5.41) is 4.01. The monoisotopic (exact) mass is 355 g/mol. The van der Waals surface area contributed by atoms with Gasteiger partial charge >= 0.3 is 0 Å². The highest BCUT2D eigenvalue weighted by Gasteiger charge is 2.22. The fourth-order valence-corrected chi connectivity index (χ4v) is 3.72. The molecule has 0 unspecified atom stereocenters. The molecule has 26 heavy (non-hydrogen) atoms. The van der Waals surface area contributed by atoms with E-state index in [-0.39, 0.29) is 0 Å². The van der Waals surface area contributed by atoms with Crippen LogP contribution in [0.5, 0.6) is 0 Å². The quantitative estimate of drug-likeness (QED) is 0.692. The number of nitrogens with zero attached hydrogens (tertiary/aromatic N) is 7. The molecule has 0 aliphatic carbocycles. The summed E-state index contributed by atoms with van der Waals surface area (Å²) >= 11 is 0. The van der Waals surface area contributed by atoms with E-state index in [0.717, 1.165) is 44.2 Å². The third-order valence-corrected chi connectivity index (χ3v) is 5.12. The van der Waals surface area contributed by atoms with Crippen LogP contribution in [0.25, 0.3) is 5.78 Å². The maximum Gasteiger partial charge on any atom is 0.233 e. The molecule has 8 heteroatoms. The van der Waals surface area contributed by atoms with E-state index in [1.54, 1.807) is 6.20 Å². The van der Waals surface area contributed by atoms with Crippen LogP contribution in [-0.2, 0) is 13.1 Å². The topological polar surface area (TPSA) is 75.6 Å². The SMILES string of the molecule is Cc1nc(CN(C)[C@@H]2CCCN(Cc3cnc4ncccn34)CC2)no1. The van der Waals surface area contributed by atoms with E-state index < -0.39 is 0 Å². The third kappa shape index (κ3) is 3.76. The smallest absolute Gasteiger partial charge is 0.233 e. The van der Waals surface area contributed by atoms with Crippen LogP contribution in [0.3, 0.4) is 0 Å². The minimum Gasteiger partial charge on any atom is -0.340 e. The maximum absolute atomic E-state index is 5.08. The van der Waals surface area contributed by atoms with Gasteiger partial charge in [0.25, 0.3) is 0 Å². The first-order valence-corrected chi connectivity index (χ1v) is 9.18. The molecule has 138 valence electrons. The number of rotatable bonds is 5. The molecule has 0 saturated carbocycles. The second-order valence-electron chi connectivity index (χ2n) is 7.04. The molecule has 0 amide bonds. The molecule has 0 radical (unpaired) electrons. The molecular weight excluding hydrogens is 330 g/mol. The van der Waals surface area contributed by atoms with Crippen LogP contribution in [0.2, 0.25) is 0 Å². The van der Waals surface area contributed by atoms with Gasteiger partial charge < -0.3 is 4.52 Å². The van der Waals surface area contributed by atoms with Crippen LogP contribution in [0.1, 0.15) is 36.7 Å². The summed E-state index contributed by atoms with van der Waals surface area (Å²) in [5.74, 6) is 2.16. The maximum atomic E-state index is 5.08. The van der Waals surface area contributed by atoms with Gasteiger partial charge in [-0.15, -0.1) is 0 Å². The van der Waals surface area contributed by atoms with Gasteiger partial charge in [0.2, 0.25) is 11.7 Å². The van der Waals surface area contributed by atoms with Crippen molar-refractivity contribution in [3.63, 3.8) is 0 Å². The van der Waals surface area contributed by atoms with Gasteiger partial charge in [0.05, 0.1) is 18.4 Å². The average molecular weight is 355 g/mol. The lowest BCUT2D eigenvalue weighted by molar-refractivity contribution is 0.199. The van der Waals surface area contributed by atoms with E-state index in [4.69, 9.17) is 4.52 Å². The van der Waals surface area contributed by atoms with Crippen molar-refractivity contribution >= 4 is 5.78 Å². The fraction of sp³-hybridized carbons (Fsp3) is 0.556. The van der Waals surface area contributed by atoms with Crippen LogP contribution in [0, 0.1) is 6.92 Å². The first-order chi connectivity index (χ1) is 12.7. The Balaban J connectivity index is 1.35. The number of likely N-dealkylation sites (tertiary alicyclic amines) is 1. The molecule has 1 saturated heterocycles. The lowest BCUT2D eigenvalue weighted by atomic mass is 10.1. The molecule has 0 aromatic carbocycles. The normalized spacial score (nSPS) is 19.3. The molecule has 0 spiro atoms. The first kappa shape index (κ1) is 17.1. The largest absolute Gasteiger partial charge is 0.340 e. The Hall–Kier alpha value is -2.32. The number of aromatic nitrogens is 5. The van der Waals surface area contributed by atoms with Gasteiger partial charge in [-0.1, -0.05) is 5.16 Å². The highest BCUT2D eigenvalue weighted by molar-refractivity contribution is 5.30. The lowest BCUT2D eigenvalue weighted by Gasteiger charge is -2.26. The number of imidazole rings is 1. The van der Waals surface area contributed by atoms with Crippen molar-refractivity contribution < 1.29 is 4.52 Å². The van der Waals surface area contributed by atoms with Crippen molar-refractivity contribution in [2.75, 3.05) is 20.1 Å². The Bertz CT molecular complexity index is 858. The average Bonchev–Trinajstić information content (AvgIpc) is 3.15. The van der Waals surface area contributed by atoms with E-state index in [0.29, 0.717) is 11.9 Å². The van der Waals surface area contributed by atoms with Crippen molar-refractivity contribution in [1.82, 2.24) is 34.3 Å². The number of aryl methyl sites for hydroxylation is 1. The van der Waals surface area contributed by atoms with Crippen LogP contribution in [-0.4, -0.2) is 60.5 Å². The molecule has 1 aliphatic heterocycles. The molecule has 0 N–H and O–H groups in total. The van der Waals surface area contributed by atoms with Crippen LogP contribution < -0.4 is 0 Å². The van der Waals surface area contributed by atoms with Gasteiger partial charge in [-0.3, -0.25) is 14.2 Å². The van der Waals surface area contributed by atoms with E-state index >= 15 is 0 Å². The molecule has 1 atom stereocenters. The summed E-state index contributed by atoms with van der Waals surface area (Å²) in [5.41, 5.74) is 1.20. The van der Waals surface area contributed by atoms with Crippen molar-refractivity contribution in [2.45, 2.75) is 45.3 Å². The van der Waals surface area contributed by atoms with Gasteiger partial charge in [-0.2, -0.15) is 4.98 Å². The summed E-state index contributed by atoms with van der Waals surface area (Å²) in [7, 11) is 2.15. The van der Waals surface area contributed by atoms with E-state index in [2.05, 4.69) is 41.4 Å². The van der Waals surface area contributed by atoms with E-state index in [9.17, 15) is 0 Å². The third-order valence-electron chi connectivity index (χ3n) is 5.12. The highest BCUT2D eigenvalue weighted by atomic mass is 16.5. The molecule has 4 heterocycles. The first-order valence-electron chi connectivity index (χ1n) is 9.18. The summed E-state index contributed by atoms with van der Waals surface area (Å²) in [6.45, 7) is 5.66. The Morgan fingerprint density at radius 2 is 2.19 bits per heavy atom. The van der Waals surface area contributed by atoms with Gasteiger partial charge in [0.1, 0.15) is 0 Å². The zero-order chi connectivity index (χ0) is 17.9. The minimum absolute atomic E-state index is 0.544. The highest BCUT2D eigenvalue weighted by Crippen LogP contribution is 2.19. The number of hydrogen-bond donors (Lipinski definition) is 0. The van der Waals surface area contributed by atoms with Crippen LogP contribution in [0.15, 0.2) is 29.2 Å². The fourth-order valence-electron chi connectivity index (χ4n) is 3.72. The number of hydrogen-bond acceptors (Lipinski definition) is 7. The molecule has 4 rings (SSSR count). The molecular formula is C18H25N7O. The standard InChI is InChI=1S/C18H25N7O/c1-14-21-17(22-26-14)13-23(2)15-5-3-8-24(10-6-15)12-16-11-20-18-19-7-4-9-25(16)18/h4,7,9,11,15H,3,5-6,8,10,12-13H2,1-2H3/t15-/m1/s1. The Morgan fingerprint density at radius 1 is 1.27 bits per heavy atom. The molecule has 8 nitrogen and oxygen atoms in total. The van der Waals surface area contributed by atoms with Crippen molar-refractivity contribution in [3.05, 3.63) is 42.1 Å². The zero-order valence-corrected chi connectivity index (χ0v) is 15.4. The van der Waals surface area contributed by atoms with Crippen LogP contribution >= 0.6 is 0 Å². The lowest BCUT2D eigenvalue weighted by Crippen LogP contribution is -2.33. The summed E-state index contributed by atoms with van der Waals surface area (Å²) in [4.78, 5) is 17.9. The van der Waals surface area contributed by atoms with Gasteiger partial charge in [0, 0.05) is 38.4 Å². The Kier molecular flexibility index (Phi) is 4.94.